The molecule has 0 aliphatic carbocycles. The number of benzene rings is 3. The molecule has 0 bridgehead atoms. The standard InChI is InChI=1S/C22H20N2/c1-22(19-13-7-3-8-14-19)17-21(18-11-5-2-6-12-18)23-24(22)20-15-9-4-10-16-20/h2-16H,17H2,1H3/t22-/m1/s1. The molecule has 0 saturated carbocycles. The highest BCUT2D eigenvalue weighted by molar-refractivity contribution is 6.03. The number of anilines is 1. The van der Waals surface area contributed by atoms with Crippen LogP contribution in [0.2, 0.25) is 0 Å². The lowest BCUT2D eigenvalue weighted by Crippen LogP contribution is -2.37. The zero-order valence-corrected chi connectivity index (χ0v) is 13.8. The summed E-state index contributed by atoms with van der Waals surface area (Å²) in [6.07, 6.45) is 0.885. The second kappa shape index (κ2) is 5.97. The van der Waals surface area contributed by atoms with Gasteiger partial charge in [-0.2, -0.15) is 5.10 Å². The smallest absolute Gasteiger partial charge is 0.0910 e. The maximum atomic E-state index is 5.01. The first-order chi connectivity index (χ1) is 11.8. The van der Waals surface area contributed by atoms with Gasteiger partial charge in [-0.3, -0.25) is 5.01 Å². The van der Waals surface area contributed by atoms with Crippen molar-refractivity contribution >= 4 is 11.4 Å². The topological polar surface area (TPSA) is 15.6 Å². The van der Waals surface area contributed by atoms with E-state index in [1.807, 2.05) is 12.1 Å². The molecule has 0 unspecified atom stereocenters. The van der Waals surface area contributed by atoms with E-state index in [0.29, 0.717) is 0 Å². The van der Waals surface area contributed by atoms with Gasteiger partial charge in [0.2, 0.25) is 0 Å². The molecule has 3 aromatic rings. The van der Waals surface area contributed by atoms with Crippen molar-refractivity contribution in [1.29, 1.82) is 0 Å². The van der Waals surface area contributed by atoms with Crippen LogP contribution in [0.4, 0.5) is 5.69 Å². The lowest BCUT2D eigenvalue weighted by Gasteiger charge is -2.35. The second-order valence-corrected chi connectivity index (χ2v) is 6.38. The molecule has 0 radical (unpaired) electrons. The van der Waals surface area contributed by atoms with Crippen LogP contribution in [0, 0.1) is 0 Å². The molecule has 1 atom stereocenters. The Hall–Kier alpha value is -2.87. The van der Waals surface area contributed by atoms with Gasteiger partial charge in [0.1, 0.15) is 0 Å². The maximum absolute atomic E-state index is 5.01. The Kier molecular flexibility index (Phi) is 3.66. The van der Waals surface area contributed by atoms with Gasteiger partial charge >= 0.3 is 0 Å². The summed E-state index contributed by atoms with van der Waals surface area (Å²) >= 11 is 0. The van der Waals surface area contributed by atoms with Crippen molar-refractivity contribution in [3.8, 4) is 0 Å². The fourth-order valence-electron chi connectivity index (χ4n) is 3.39. The molecule has 0 saturated heterocycles. The van der Waals surface area contributed by atoms with Crippen LogP contribution in [-0.4, -0.2) is 5.71 Å². The number of hydrogen-bond donors (Lipinski definition) is 0. The van der Waals surface area contributed by atoms with E-state index in [4.69, 9.17) is 5.10 Å². The van der Waals surface area contributed by atoms with E-state index in [-0.39, 0.29) is 5.54 Å². The molecule has 0 spiro atoms. The quantitative estimate of drug-likeness (QED) is 0.647. The van der Waals surface area contributed by atoms with Crippen LogP contribution in [0.5, 0.6) is 0 Å². The minimum Gasteiger partial charge on any atom is -0.255 e. The van der Waals surface area contributed by atoms with E-state index in [2.05, 4.69) is 90.8 Å². The van der Waals surface area contributed by atoms with Gasteiger partial charge in [-0.1, -0.05) is 78.9 Å². The average molecular weight is 312 g/mol. The Morgan fingerprint density at radius 2 is 1.29 bits per heavy atom. The lowest BCUT2D eigenvalue weighted by atomic mass is 9.85. The van der Waals surface area contributed by atoms with E-state index in [1.54, 1.807) is 0 Å². The van der Waals surface area contributed by atoms with Crippen LogP contribution in [-0.2, 0) is 5.54 Å². The van der Waals surface area contributed by atoms with Crippen LogP contribution in [0.3, 0.4) is 0 Å². The van der Waals surface area contributed by atoms with Crippen molar-refractivity contribution in [2.75, 3.05) is 5.01 Å². The Morgan fingerprint density at radius 1 is 0.750 bits per heavy atom. The number of hydrazone groups is 1. The largest absolute Gasteiger partial charge is 0.255 e. The average Bonchev–Trinajstić information content (AvgIpc) is 3.03. The highest BCUT2D eigenvalue weighted by Gasteiger charge is 2.41. The normalized spacial score (nSPS) is 20.0. The van der Waals surface area contributed by atoms with Gasteiger partial charge in [0.25, 0.3) is 0 Å². The summed E-state index contributed by atoms with van der Waals surface area (Å²) in [6, 6.07) is 31.5. The van der Waals surface area contributed by atoms with Crippen molar-refractivity contribution in [3.63, 3.8) is 0 Å². The molecule has 2 nitrogen and oxygen atoms in total. The molecule has 0 N–H and O–H groups in total. The van der Waals surface area contributed by atoms with Crippen molar-refractivity contribution in [2.45, 2.75) is 18.9 Å². The molecule has 0 fully saturated rings. The van der Waals surface area contributed by atoms with Gasteiger partial charge in [0.05, 0.1) is 16.9 Å². The van der Waals surface area contributed by atoms with Crippen molar-refractivity contribution in [1.82, 2.24) is 0 Å². The minimum atomic E-state index is -0.187. The third kappa shape index (κ3) is 2.50. The number of rotatable bonds is 3. The molecule has 1 aliphatic rings. The van der Waals surface area contributed by atoms with E-state index in [9.17, 15) is 0 Å². The van der Waals surface area contributed by atoms with Crippen LogP contribution in [0.15, 0.2) is 96.1 Å². The summed E-state index contributed by atoms with van der Waals surface area (Å²) in [5.74, 6) is 0. The Balaban J connectivity index is 1.82. The monoisotopic (exact) mass is 312 g/mol. The highest BCUT2D eigenvalue weighted by atomic mass is 15.5. The van der Waals surface area contributed by atoms with Gasteiger partial charge in [-0.05, 0) is 30.2 Å². The SMILES string of the molecule is C[C@]1(c2ccccc2)CC(c2ccccc2)=NN1c1ccccc1. The minimum absolute atomic E-state index is 0.187. The van der Waals surface area contributed by atoms with E-state index in [1.165, 1.54) is 11.1 Å². The fraction of sp³-hybridized carbons (Fsp3) is 0.136. The molecule has 4 rings (SSSR count). The predicted molar refractivity (Wildman–Crippen MR) is 100 cm³/mol. The molecule has 0 aromatic heterocycles. The highest BCUT2D eigenvalue weighted by Crippen LogP contribution is 2.41. The summed E-state index contributed by atoms with van der Waals surface area (Å²) in [7, 11) is 0. The van der Waals surface area contributed by atoms with Gasteiger partial charge in [-0.15, -0.1) is 0 Å². The summed E-state index contributed by atoms with van der Waals surface area (Å²) in [5, 5.41) is 7.18. The van der Waals surface area contributed by atoms with Crippen LogP contribution >= 0.6 is 0 Å². The van der Waals surface area contributed by atoms with Gasteiger partial charge in [0, 0.05) is 6.42 Å². The fourth-order valence-corrected chi connectivity index (χ4v) is 3.39. The molecular weight excluding hydrogens is 292 g/mol. The van der Waals surface area contributed by atoms with Crippen molar-refractivity contribution < 1.29 is 0 Å². The summed E-state index contributed by atoms with van der Waals surface area (Å²) in [5.41, 5.74) is 4.54. The summed E-state index contributed by atoms with van der Waals surface area (Å²) in [6.45, 7) is 2.27. The zero-order chi connectivity index (χ0) is 16.4. The van der Waals surface area contributed by atoms with E-state index >= 15 is 0 Å². The third-order valence-corrected chi connectivity index (χ3v) is 4.70. The molecule has 0 amide bonds. The molecule has 1 heterocycles. The Morgan fingerprint density at radius 3 is 1.92 bits per heavy atom. The van der Waals surface area contributed by atoms with Crippen LogP contribution in [0.1, 0.15) is 24.5 Å². The Labute approximate surface area is 143 Å². The maximum Gasteiger partial charge on any atom is 0.0910 e. The number of para-hydroxylation sites is 1. The first kappa shape index (κ1) is 14.7. The molecule has 24 heavy (non-hydrogen) atoms. The lowest BCUT2D eigenvalue weighted by molar-refractivity contribution is 0.492. The Bertz CT molecular complexity index is 841. The van der Waals surface area contributed by atoms with Gasteiger partial charge in [0.15, 0.2) is 0 Å². The molecule has 118 valence electrons. The molecule has 1 aliphatic heterocycles. The van der Waals surface area contributed by atoms with Crippen LogP contribution < -0.4 is 5.01 Å². The van der Waals surface area contributed by atoms with Gasteiger partial charge in [-0.25, -0.2) is 0 Å². The van der Waals surface area contributed by atoms with Crippen molar-refractivity contribution in [3.05, 3.63) is 102 Å². The molecular formula is C22H20N2. The first-order valence-electron chi connectivity index (χ1n) is 8.31. The summed E-state index contributed by atoms with van der Waals surface area (Å²) < 4.78 is 0. The number of hydrogen-bond acceptors (Lipinski definition) is 2. The van der Waals surface area contributed by atoms with Crippen molar-refractivity contribution in [2.24, 2.45) is 5.10 Å². The zero-order valence-electron chi connectivity index (χ0n) is 13.8. The molecule has 2 heteroatoms. The number of nitrogens with zero attached hydrogens (tertiary/aromatic N) is 2. The third-order valence-electron chi connectivity index (χ3n) is 4.70. The van der Waals surface area contributed by atoms with E-state index in [0.717, 1.165) is 17.8 Å². The summed E-state index contributed by atoms with van der Waals surface area (Å²) in [4.78, 5) is 0. The van der Waals surface area contributed by atoms with E-state index < -0.39 is 0 Å². The predicted octanol–water partition coefficient (Wildman–Crippen LogP) is 5.22. The molecule has 3 aromatic carbocycles. The van der Waals surface area contributed by atoms with Crippen LogP contribution in [0.25, 0.3) is 0 Å². The first-order valence-corrected chi connectivity index (χ1v) is 8.31. The second-order valence-electron chi connectivity index (χ2n) is 6.38. The van der Waals surface area contributed by atoms with Gasteiger partial charge < -0.3 is 0 Å².